The molecule has 0 unspecified atom stereocenters. The van der Waals surface area contributed by atoms with Gasteiger partial charge < -0.3 is 10.1 Å². The second kappa shape index (κ2) is 8.26. The van der Waals surface area contributed by atoms with Crippen LogP contribution in [0.5, 0.6) is 5.75 Å². The third kappa shape index (κ3) is 4.34. The van der Waals surface area contributed by atoms with Gasteiger partial charge >= 0.3 is 0 Å². The quantitative estimate of drug-likeness (QED) is 0.593. The van der Waals surface area contributed by atoms with E-state index in [0.717, 1.165) is 52.3 Å². The van der Waals surface area contributed by atoms with E-state index < -0.39 is 0 Å². The van der Waals surface area contributed by atoms with Gasteiger partial charge in [-0.2, -0.15) is 0 Å². The minimum Gasteiger partial charge on any atom is -0.489 e. The first-order chi connectivity index (χ1) is 16.1. The van der Waals surface area contributed by atoms with Crippen LogP contribution in [0.15, 0.2) is 77.1 Å². The van der Waals surface area contributed by atoms with Gasteiger partial charge in [-0.05, 0) is 46.9 Å². The van der Waals surface area contributed by atoms with E-state index in [1.807, 2.05) is 54.6 Å². The molecular weight excluding hydrogens is 422 g/mol. The zero-order chi connectivity index (χ0) is 24.1. The van der Waals surface area contributed by atoms with Gasteiger partial charge in [-0.25, -0.2) is 0 Å². The summed E-state index contributed by atoms with van der Waals surface area (Å²) in [5, 5.41) is 3.57. The first kappa shape index (κ1) is 22.6. The van der Waals surface area contributed by atoms with E-state index >= 15 is 0 Å². The molecule has 4 heteroatoms. The Labute approximate surface area is 202 Å². The lowest BCUT2D eigenvalue weighted by molar-refractivity contribution is -0.119. The second-order valence-electron chi connectivity index (χ2n) is 11.6. The first-order valence-corrected chi connectivity index (χ1v) is 12.2. The molecule has 2 aromatic rings. The Bertz CT molecular complexity index is 1150. The fourth-order valence-electron chi connectivity index (χ4n) is 5.72. The van der Waals surface area contributed by atoms with Gasteiger partial charge in [0.1, 0.15) is 12.4 Å². The summed E-state index contributed by atoms with van der Waals surface area (Å²) in [5.74, 6) is 0.772. The molecule has 0 radical (unpaired) electrons. The third-order valence-corrected chi connectivity index (χ3v) is 7.18. The molecule has 176 valence electrons. The van der Waals surface area contributed by atoms with E-state index in [0.29, 0.717) is 19.4 Å². The summed E-state index contributed by atoms with van der Waals surface area (Å²) in [5.41, 5.74) is 5.48. The normalized spacial score (nSPS) is 21.6. The Morgan fingerprint density at radius 1 is 0.765 bits per heavy atom. The van der Waals surface area contributed by atoms with Crippen molar-refractivity contribution >= 4 is 11.6 Å². The third-order valence-electron chi connectivity index (χ3n) is 7.18. The second-order valence-corrected chi connectivity index (χ2v) is 11.6. The van der Waals surface area contributed by atoms with Crippen LogP contribution in [-0.2, 0) is 16.2 Å². The largest absolute Gasteiger partial charge is 0.489 e. The number of dihydropyridines is 1. The van der Waals surface area contributed by atoms with Crippen molar-refractivity contribution in [2.45, 2.75) is 65.9 Å². The minimum atomic E-state index is -0.304. The Balaban J connectivity index is 1.50. The number of ketones is 2. The molecule has 0 atom stereocenters. The Morgan fingerprint density at radius 3 is 1.82 bits per heavy atom. The summed E-state index contributed by atoms with van der Waals surface area (Å²) in [6, 6.07) is 18.0. The zero-order valence-corrected chi connectivity index (χ0v) is 20.5. The van der Waals surface area contributed by atoms with Crippen molar-refractivity contribution in [2.24, 2.45) is 10.8 Å². The lowest BCUT2D eigenvalue weighted by Gasteiger charge is -2.44. The fraction of sp³-hybridized carbons (Fsp3) is 0.400. The number of carbonyl (C=O) groups excluding carboxylic acids is 2. The van der Waals surface area contributed by atoms with Gasteiger partial charge in [0.2, 0.25) is 0 Å². The molecule has 0 bridgehead atoms. The van der Waals surface area contributed by atoms with Crippen LogP contribution in [0.3, 0.4) is 0 Å². The number of nitrogens with one attached hydrogen (secondary N) is 1. The van der Waals surface area contributed by atoms with Gasteiger partial charge in [-0.3, -0.25) is 9.59 Å². The fourth-order valence-corrected chi connectivity index (χ4v) is 5.72. The Kier molecular flexibility index (Phi) is 5.50. The molecule has 1 heterocycles. The minimum absolute atomic E-state index is 0.0884. The van der Waals surface area contributed by atoms with Crippen LogP contribution in [0.1, 0.15) is 70.4 Å². The topological polar surface area (TPSA) is 55.4 Å². The number of hydrogen-bond acceptors (Lipinski definition) is 4. The van der Waals surface area contributed by atoms with E-state index in [4.69, 9.17) is 4.74 Å². The zero-order valence-electron chi connectivity index (χ0n) is 20.5. The molecule has 0 aromatic heterocycles. The molecule has 0 saturated heterocycles. The predicted octanol–water partition coefficient (Wildman–Crippen LogP) is 6.24. The highest BCUT2D eigenvalue weighted by molar-refractivity contribution is 6.06. The highest BCUT2D eigenvalue weighted by Gasteiger charge is 2.46. The molecule has 1 N–H and O–H groups in total. The summed E-state index contributed by atoms with van der Waals surface area (Å²) < 4.78 is 5.97. The Morgan fingerprint density at radius 2 is 1.29 bits per heavy atom. The van der Waals surface area contributed by atoms with Crippen LogP contribution in [0.4, 0.5) is 0 Å². The van der Waals surface area contributed by atoms with Crippen molar-refractivity contribution in [1.82, 2.24) is 5.32 Å². The SMILES string of the molecule is CC1(C)CC(=O)C2=C(C1)NC1=C(C(=O)CC(C)(C)C1)C2c1ccc(OCc2ccccc2)cc1. The highest BCUT2D eigenvalue weighted by atomic mass is 16.5. The highest BCUT2D eigenvalue weighted by Crippen LogP contribution is 2.51. The van der Waals surface area contributed by atoms with E-state index in [1.165, 1.54) is 0 Å². The average molecular weight is 456 g/mol. The van der Waals surface area contributed by atoms with Crippen molar-refractivity contribution in [3.05, 3.63) is 88.3 Å². The molecule has 4 nitrogen and oxygen atoms in total. The van der Waals surface area contributed by atoms with Crippen LogP contribution in [0.25, 0.3) is 0 Å². The molecule has 1 aliphatic heterocycles. The van der Waals surface area contributed by atoms with Gasteiger partial charge in [0.15, 0.2) is 11.6 Å². The van der Waals surface area contributed by atoms with Crippen molar-refractivity contribution < 1.29 is 14.3 Å². The maximum absolute atomic E-state index is 13.4. The molecule has 0 amide bonds. The monoisotopic (exact) mass is 455 g/mol. The number of Topliss-reactive ketones (excluding diaryl/α,β-unsaturated/α-hetero) is 2. The van der Waals surface area contributed by atoms with Crippen molar-refractivity contribution in [1.29, 1.82) is 0 Å². The van der Waals surface area contributed by atoms with Gasteiger partial charge in [-0.15, -0.1) is 0 Å². The predicted molar refractivity (Wildman–Crippen MR) is 133 cm³/mol. The molecule has 3 aliphatic rings. The summed E-state index contributed by atoms with van der Waals surface area (Å²) >= 11 is 0. The number of ether oxygens (including phenoxy) is 1. The lowest BCUT2D eigenvalue weighted by Crippen LogP contribution is -2.42. The Hall–Kier alpha value is -3.14. The van der Waals surface area contributed by atoms with Crippen LogP contribution in [0, 0.1) is 10.8 Å². The molecule has 0 spiro atoms. The van der Waals surface area contributed by atoms with Gasteiger partial charge in [0, 0.05) is 41.3 Å². The van der Waals surface area contributed by atoms with Gasteiger partial charge in [0.25, 0.3) is 0 Å². The summed E-state index contributed by atoms with van der Waals surface area (Å²) in [4.78, 5) is 26.8. The summed E-state index contributed by atoms with van der Waals surface area (Å²) in [6.07, 6.45) is 2.64. The van der Waals surface area contributed by atoms with Crippen LogP contribution in [0.2, 0.25) is 0 Å². The molecule has 2 aliphatic carbocycles. The average Bonchev–Trinajstić information content (AvgIpc) is 2.75. The van der Waals surface area contributed by atoms with Crippen molar-refractivity contribution in [3.8, 4) is 5.75 Å². The van der Waals surface area contributed by atoms with Gasteiger partial charge in [0.05, 0.1) is 0 Å². The van der Waals surface area contributed by atoms with Gasteiger partial charge in [-0.1, -0.05) is 70.2 Å². The standard InChI is InChI=1S/C30H33NO3/c1-29(2)14-22-27(24(32)16-29)26(28-23(31-22)15-30(3,4)17-25(28)33)20-10-12-21(13-11-20)34-18-19-8-6-5-7-9-19/h5-13,26,31H,14-18H2,1-4H3. The maximum atomic E-state index is 13.4. The van der Waals surface area contributed by atoms with Crippen molar-refractivity contribution in [3.63, 3.8) is 0 Å². The van der Waals surface area contributed by atoms with Crippen LogP contribution in [-0.4, -0.2) is 11.6 Å². The number of benzene rings is 2. The first-order valence-electron chi connectivity index (χ1n) is 12.2. The lowest BCUT2D eigenvalue weighted by atomic mass is 9.64. The van der Waals surface area contributed by atoms with E-state index in [2.05, 4.69) is 33.0 Å². The molecule has 34 heavy (non-hydrogen) atoms. The van der Waals surface area contributed by atoms with Crippen LogP contribution >= 0.6 is 0 Å². The van der Waals surface area contributed by atoms with E-state index in [-0.39, 0.29) is 28.3 Å². The molecule has 0 fully saturated rings. The smallest absolute Gasteiger partial charge is 0.162 e. The summed E-state index contributed by atoms with van der Waals surface area (Å²) in [7, 11) is 0. The van der Waals surface area contributed by atoms with E-state index in [1.54, 1.807) is 0 Å². The van der Waals surface area contributed by atoms with Crippen LogP contribution < -0.4 is 10.1 Å². The number of carbonyl (C=O) groups is 2. The molecular formula is C30H33NO3. The van der Waals surface area contributed by atoms with E-state index in [9.17, 15) is 9.59 Å². The van der Waals surface area contributed by atoms with Crippen molar-refractivity contribution in [2.75, 3.05) is 0 Å². The molecule has 0 saturated carbocycles. The summed E-state index contributed by atoms with van der Waals surface area (Å²) in [6.45, 7) is 9.07. The number of allylic oxidation sites excluding steroid dienone is 4. The maximum Gasteiger partial charge on any atom is 0.162 e. The number of rotatable bonds is 4. The molecule has 5 rings (SSSR count). The molecule has 2 aromatic carbocycles. The number of hydrogen-bond donors (Lipinski definition) is 1.